The van der Waals surface area contributed by atoms with E-state index in [1.165, 1.54) is 6.42 Å². The number of aliphatic hydroxyl groups excluding tert-OH is 1. The number of amides is 1. The highest BCUT2D eigenvalue weighted by atomic mass is 16.3. The molecule has 0 spiro atoms. The first-order valence-corrected chi connectivity index (χ1v) is 6.88. The minimum atomic E-state index is -0.184. The van der Waals surface area contributed by atoms with Gasteiger partial charge in [0.05, 0.1) is 12.1 Å². The molecule has 1 heterocycles. The Morgan fingerprint density at radius 2 is 2.12 bits per heavy atom. The molecule has 0 bridgehead atoms. The molecule has 2 rings (SSSR count). The number of hydrogen-bond acceptors (Lipinski definition) is 3. The summed E-state index contributed by atoms with van der Waals surface area (Å²) in [4.78, 5) is 12.0. The fourth-order valence-electron chi connectivity index (χ4n) is 2.89. The third-order valence-electron chi connectivity index (χ3n) is 4.10. The zero-order chi connectivity index (χ0) is 12.3. The molecule has 0 radical (unpaired) electrons. The van der Waals surface area contributed by atoms with Gasteiger partial charge in [0.2, 0.25) is 5.91 Å². The molecule has 1 amide bonds. The number of hydrogen-bond donors (Lipinski definition) is 3. The van der Waals surface area contributed by atoms with Gasteiger partial charge in [0.15, 0.2) is 0 Å². The van der Waals surface area contributed by atoms with Gasteiger partial charge in [-0.3, -0.25) is 4.79 Å². The summed E-state index contributed by atoms with van der Waals surface area (Å²) in [6, 6.07) is 0.260. The molecular formula is C13H24N2O2. The molecule has 4 nitrogen and oxygen atoms in total. The molecule has 0 aromatic rings. The maximum atomic E-state index is 12.0. The molecule has 4 atom stereocenters. The first-order chi connectivity index (χ1) is 8.16. The summed E-state index contributed by atoms with van der Waals surface area (Å²) in [6.07, 6.45) is 5.71. The van der Waals surface area contributed by atoms with E-state index in [1.54, 1.807) is 0 Å². The Labute approximate surface area is 103 Å². The van der Waals surface area contributed by atoms with Gasteiger partial charge in [0.1, 0.15) is 0 Å². The van der Waals surface area contributed by atoms with Crippen molar-refractivity contribution in [3.63, 3.8) is 0 Å². The molecule has 98 valence electrons. The Morgan fingerprint density at radius 3 is 2.76 bits per heavy atom. The Bertz CT molecular complexity index is 264. The fourth-order valence-corrected chi connectivity index (χ4v) is 2.89. The predicted octanol–water partition coefficient (Wildman–Crippen LogP) is 0.794. The number of aliphatic hydroxyl groups is 1. The highest BCUT2D eigenvalue weighted by Crippen LogP contribution is 2.24. The monoisotopic (exact) mass is 240 g/mol. The van der Waals surface area contributed by atoms with Crippen LogP contribution in [0.15, 0.2) is 0 Å². The van der Waals surface area contributed by atoms with Crippen molar-refractivity contribution in [2.75, 3.05) is 6.54 Å². The van der Waals surface area contributed by atoms with Gasteiger partial charge in [-0.1, -0.05) is 13.3 Å². The summed E-state index contributed by atoms with van der Waals surface area (Å²) >= 11 is 0. The van der Waals surface area contributed by atoms with Crippen molar-refractivity contribution in [1.29, 1.82) is 0 Å². The van der Waals surface area contributed by atoms with E-state index in [4.69, 9.17) is 0 Å². The van der Waals surface area contributed by atoms with Gasteiger partial charge >= 0.3 is 0 Å². The van der Waals surface area contributed by atoms with Gasteiger partial charge < -0.3 is 15.7 Å². The molecule has 2 fully saturated rings. The lowest BCUT2D eigenvalue weighted by molar-refractivity contribution is -0.125. The molecule has 3 N–H and O–H groups in total. The zero-order valence-electron chi connectivity index (χ0n) is 10.6. The van der Waals surface area contributed by atoms with E-state index in [-0.39, 0.29) is 24.1 Å². The minimum absolute atomic E-state index is 0.00547. The van der Waals surface area contributed by atoms with E-state index in [2.05, 4.69) is 17.6 Å². The normalized spacial score (nSPS) is 38.7. The second-order valence-corrected chi connectivity index (χ2v) is 5.57. The van der Waals surface area contributed by atoms with Crippen LogP contribution in [0, 0.1) is 5.92 Å². The maximum Gasteiger partial charge on any atom is 0.237 e. The van der Waals surface area contributed by atoms with Crippen LogP contribution in [0.5, 0.6) is 0 Å². The largest absolute Gasteiger partial charge is 0.393 e. The first kappa shape index (κ1) is 12.8. The average molecular weight is 240 g/mol. The lowest BCUT2D eigenvalue weighted by atomic mass is 9.84. The van der Waals surface area contributed by atoms with Crippen LogP contribution in [-0.4, -0.2) is 35.7 Å². The quantitative estimate of drug-likeness (QED) is 0.669. The van der Waals surface area contributed by atoms with Crippen molar-refractivity contribution in [2.24, 2.45) is 5.92 Å². The van der Waals surface area contributed by atoms with E-state index in [9.17, 15) is 9.90 Å². The average Bonchev–Trinajstić information content (AvgIpc) is 2.35. The van der Waals surface area contributed by atoms with Crippen LogP contribution in [0.25, 0.3) is 0 Å². The lowest BCUT2D eigenvalue weighted by Gasteiger charge is -2.33. The Balaban J connectivity index is 1.78. The summed E-state index contributed by atoms with van der Waals surface area (Å²) in [5, 5.41) is 16.0. The highest BCUT2D eigenvalue weighted by Gasteiger charge is 2.29. The number of carbonyl (C=O) groups is 1. The summed E-state index contributed by atoms with van der Waals surface area (Å²) < 4.78 is 0. The predicted molar refractivity (Wildman–Crippen MR) is 66.6 cm³/mol. The van der Waals surface area contributed by atoms with Gasteiger partial charge in [0.25, 0.3) is 0 Å². The maximum absolute atomic E-state index is 12.0. The van der Waals surface area contributed by atoms with E-state index in [0.29, 0.717) is 5.92 Å². The molecular weight excluding hydrogens is 216 g/mol. The van der Waals surface area contributed by atoms with Crippen LogP contribution in [0.1, 0.15) is 45.4 Å². The summed E-state index contributed by atoms with van der Waals surface area (Å²) in [5.41, 5.74) is 0. The molecule has 0 unspecified atom stereocenters. The van der Waals surface area contributed by atoms with Crippen molar-refractivity contribution in [3.05, 3.63) is 0 Å². The SMILES string of the molecule is C[C@H]1C[C@H](NC(=O)[C@@H]2CCCCN2)CC[C@@H]1O. The number of nitrogens with one attached hydrogen (secondary N) is 2. The molecule has 1 saturated heterocycles. The second-order valence-electron chi connectivity index (χ2n) is 5.57. The molecule has 2 aliphatic rings. The second kappa shape index (κ2) is 5.83. The molecule has 1 saturated carbocycles. The Morgan fingerprint density at radius 1 is 1.29 bits per heavy atom. The van der Waals surface area contributed by atoms with Crippen LogP contribution in [0.4, 0.5) is 0 Å². The van der Waals surface area contributed by atoms with Crippen molar-refractivity contribution >= 4 is 5.91 Å². The third kappa shape index (κ3) is 3.42. The molecule has 17 heavy (non-hydrogen) atoms. The molecule has 0 aromatic carbocycles. The van der Waals surface area contributed by atoms with Crippen molar-refractivity contribution in [1.82, 2.24) is 10.6 Å². The summed E-state index contributed by atoms with van der Waals surface area (Å²) in [6.45, 7) is 3.01. The zero-order valence-corrected chi connectivity index (χ0v) is 10.6. The van der Waals surface area contributed by atoms with Crippen molar-refractivity contribution in [3.8, 4) is 0 Å². The van der Waals surface area contributed by atoms with E-state index in [0.717, 1.165) is 38.6 Å². The topological polar surface area (TPSA) is 61.4 Å². The van der Waals surface area contributed by atoms with Gasteiger partial charge in [0, 0.05) is 6.04 Å². The first-order valence-electron chi connectivity index (χ1n) is 6.88. The Hall–Kier alpha value is -0.610. The smallest absolute Gasteiger partial charge is 0.237 e. The van der Waals surface area contributed by atoms with Crippen LogP contribution < -0.4 is 10.6 Å². The third-order valence-corrected chi connectivity index (χ3v) is 4.10. The summed E-state index contributed by atoms with van der Waals surface area (Å²) in [7, 11) is 0. The molecule has 1 aliphatic carbocycles. The Kier molecular flexibility index (Phi) is 4.40. The van der Waals surface area contributed by atoms with Crippen LogP contribution in [0.3, 0.4) is 0 Å². The standard InChI is InChI=1S/C13H24N2O2/c1-9-8-10(5-6-12(9)16)15-13(17)11-4-2-3-7-14-11/h9-12,14,16H,2-8H2,1H3,(H,15,17)/t9-,10+,11-,12-/m0/s1. The molecule has 0 aromatic heterocycles. The summed E-state index contributed by atoms with van der Waals surface area (Å²) in [5.74, 6) is 0.451. The van der Waals surface area contributed by atoms with Crippen LogP contribution in [0.2, 0.25) is 0 Å². The van der Waals surface area contributed by atoms with E-state index >= 15 is 0 Å². The fraction of sp³-hybridized carbons (Fsp3) is 0.923. The molecule has 4 heteroatoms. The van der Waals surface area contributed by atoms with Gasteiger partial charge in [-0.15, -0.1) is 0 Å². The van der Waals surface area contributed by atoms with Gasteiger partial charge in [-0.25, -0.2) is 0 Å². The minimum Gasteiger partial charge on any atom is -0.393 e. The van der Waals surface area contributed by atoms with E-state index in [1.807, 2.05) is 0 Å². The number of carbonyl (C=O) groups excluding carboxylic acids is 1. The van der Waals surface area contributed by atoms with Crippen molar-refractivity contribution < 1.29 is 9.90 Å². The van der Waals surface area contributed by atoms with Crippen molar-refractivity contribution in [2.45, 2.75) is 63.6 Å². The van der Waals surface area contributed by atoms with Gasteiger partial charge in [-0.2, -0.15) is 0 Å². The van der Waals surface area contributed by atoms with Crippen LogP contribution in [-0.2, 0) is 4.79 Å². The van der Waals surface area contributed by atoms with E-state index < -0.39 is 0 Å². The molecule has 1 aliphatic heterocycles. The highest BCUT2D eigenvalue weighted by molar-refractivity contribution is 5.82. The lowest BCUT2D eigenvalue weighted by Crippen LogP contribution is -2.51. The number of piperidine rings is 1. The van der Waals surface area contributed by atoms with Crippen LogP contribution >= 0.6 is 0 Å². The van der Waals surface area contributed by atoms with Gasteiger partial charge in [-0.05, 0) is 44.6 Å². The number of rotatable bonds is 2.